The molecule has 0 saturated carbocycles. The minimum atomic E-state index is -0.00116. The molecule has 33 heavy (non-hydrogen) atoms. The van der Waals surface area contributed by atoms with Crippen LogP contribution in [0.1, 0.15) is 42.6 Å². The molecular formula is C27H28N4O2. The molecule has 1 aliphatic heterocycles. The predicted molar refractivity (Wildman–Crippen MR) is 130 cm³/mol. The number of amides is 1. The zero-order valence-electron chi connectivity index (χ0n) is 19.2. The van der Waals surface area contributed by atoms with Crippen LogP contribution >= 0.6 is 0 Å². The number of aryl methyl sites for hydroxylation is 1. The molecular weight excluding hydrogens is 412 g/mol. The number of hydrogen-bond acceptors (Lipinski definition) is 3. The number of fused-ring (bicyclic) bond motifs is 1. The SMILES string of the molecule is COc1cc(/C=C2\CCCN([C@H](C)c3c[nH]c4ccccc34)C2=O)ccc1-n1cnc(C)c1. The lowest BCUT2D eigenvalue weighted by Crippen LogP contribution is -2.38. The molecule has 0 unspecified atom stereocenters. The molecule has 1 atom stereocenters. The van der Waals surface area contributed by atoms with Crippen LogP contribution in [0.2, 0.25) is 0 Å². The first kappa shape index (κ1) is 21.1. The molecule has 6 heteroatoms. The number of benzene rings is 2. The number of hydrogen-bond donors (Lipinski definition) is 1. The van der Waals surface area contributed by atoms with Crippen molar-refractivity contribution in [3.8, 4) is 11.4 Å². The summed E-state index contributed by atoms with van der Waals surface area (Å²) in [6.45, 7) is 4.83. The molecule has 0 bridgehead atoms. The molecule has 0 radical (unpaired) electrons. The molecule has 1 saturated heterocycles. The molecule has 6 nitrogen and oxygen atoms in total. The zero-order chi connectivity index (χ0) is 22.9. The second kappa shape index (κ2) is 8.62. The van der Waals surface area contributed by atoms with Gasteiger partial charge >= 0.3 is 0 Å². The summed E-state index contributed by atoms with van der Waals surface area (Å²) >= 11 is 0. The molecule has 1 amide bonds. The minimum Gasteiger partial charge on any atom is -0.495 e. The van der Waals surface area contributed by atoms with E-state index in [4.69, 9.17) is 4.74 Å². The normalized spacial score (nSPS) is 16.5. The Bertz CT molecular complexity index is 1350. The number of nitrogens with one attached hydrogen (secondary N) is 1. The van der Waals surface area contributed by atoms with Gasteiger partial charge in [0.05, 0.1) is 30.9 Å². The van der Waals surface area contributed by atoms with Gasteiger partial charge < -0.3 is 19.2 Å². The number of piperidine rings is 1. The van der Waals surface area contributed by atoms with E-state index in [0.717, 1.165) is 58.7 Å². The van der Waals surface area contributed by atoms with Crippen LogP contribution in [0.3, 0.4) is 0 Å². The number of aromatic amines is 1. The van der Waals surface area contributed by atoms with Gasteiger partial charge in [0, 0.05) is 35.4 Å². The van der Waals surface area contributed by atoms with Gasteiger partial charge in [0.1, 0.15) is 5.75 Å². The summed E-state index contributed by atoms with van der Waals surface area (Å²) in [6.07, 6.45) is 9.50. The van der Waals surface area contributed by atoms with E-state index in [2.05, 4.69) is 29.0 Å². The molecule has 1 aliphatic rings. The summed E-state index contributed by atoms with van der Waals surface area (Å²) in [5, 5.41) is 1.17. The first-order valence-electron chi connectivity index (χ1n) is 11.3. The average Bonchev–Trinajstić information content (AvgIpc) is 3.46. The Morgan fingerprint density at radius 2 is 2.06 bits per heavy atom. The highest BCUT2D eigenvalue weighted by atomic mass is 16.5. The number of nitrogens with zero attached hydrogens (tertiary/aromatic N) is 3. The Balaban J connectivity index is 1.42. The lowest BCUT2D eigenvalue weighted by molar-refractivity contribution is -0.130. The predicted octanol–water partition coefficient (Wildman–Crippen LogP) is 5.44. The van der Waals surface area contributed by atoms with Gasteiger partial charge in [-0.25, -0.2) is 4.98 Å². The molecule has 0 aliphatic carbocycles. The van der Waals surface area contributed by atoms with E-state index in [-0.39, 0.29) is 11.9 Å². The van der Waals surface area contributed by atoms with Gasteiger partial charge in [-0.3, -0.25) is 4.79 Å². The van der Waals surface area contributed by atoms with Gasteiger partial charge in [0.25, 0.3) is 0 Å². The Kier molecular flexibility index (Phi) is 5.50. The van der Waals surface area contributed by atoms with Gasteiger partial charge in [0.2, 0.25) is 5.91 Å². The van der Waals surface area contributed by atoms with Crippen molar-refractivity contribution in [1.82, 2.24) is 19.4 Å². The van der Waals surface area contributed by atoms with Crippen molar-refractivity contribution >= 4 is 22.9 Å². The highest BCUT2D eigenvalue weighted by Gasteiger charge is 2.29. The number of likely N-dealkylation sites (tertiary alicyclic amines) is 1. The van der Waals surface area contributed by atoms with Crippen molar-refractivity contribution in [2.45, 2.75) is 32.7 Å². The van der Waals surface area contributed by atoms with Gasteiger partial charge in [0.15, 0.2) is 0 Å². The van der Waals surface area contributed by atoms with E-state index in [9.17, 15) is 4.79 Å². The standard InChI is InChI=1S/C27H28N4O2/c1-18-16-30(17-29-18)25-11-10-20(14-26(25)33-3)13-21-7-6-12-31(27(21)32)19(2)23-15-28-24-9-5-4-8-22(23)24/h4-5,8-11,13-17,19,28H,6-7,12H2,1-3H3/b21-13+/t19-/m1/s1. The lowest BCUT2D eigenvalue weighted by atomic mass is 9.97. The summed E-state index contributed by atoms with van der Waals surface area (Å²) in [5.41, 5.74) is 5.91. The molecule has 2 aromatic carbocycles. The summed E-state index contributed by atoms with van der Waals surface area (Å²) < 4.78 is 7.58. The number of ether oxygens (including phenoxy) is 1. The van der Waals surface area contributed by atoms with Gasteiger partial charge in [-0.1, -0.05) is 24.3 Å². The molecule has 5 rings (SSSR count). The summed E-state index contributed by atoms with van der Waals surface area (Å²) in [4.78, 5) is 23.1. The maximum absolute atomic E-state index is 13.5. The number of imidazole rings is 1. The minimum absolute atomic E-state index is 0.00116. The van der Waals surface area contributed by atoms with Crippen LogP contribution in [0.5, 0.6) is 5.75 Å². The van der Waals surface area contributed by atoms with Crippen molar-refractivity contribution < 1.29 is 9.53 Å². The first-order chi connectivity index (χ1) is 16.0. The van der Waals surface area contributed by atoms with Crippen LogP contribution in [0, 0.1) is 6.92 Å². The molecule has 168 valence electrons. The summed E-state index contributed by atoms with van der Waals surface area (Å²) in [7, 11) is 1.66. The quantitative estimate of drug-likeness (QED) is 0.421. The third kappa shape index (κ3) is 3.93. The number of methoxy groups -OCH3 is 1. The topological polar surface area (TPSA) is 63.1 Å². The fourth-order valence-corrected chi connectivity index (χ4v) is 4.70. The van der Waals surface area contributed by atoms with Crippen LogP contribution < -0.4 is 4.74 Å². The Morgan fingerprint density at radius 1 is 1.21 bits per heavy atom. The highest BCUT2D eigenvalue weighted by molar-refractivity contribution is 5.99. The molecule has 4 aromatic rings. The van der Waals surface area contributed by atoms with E-state index in [1.165, 1.54) is 5.39 Å². The van der Waals surface area contributed by atoms with Crippen molar-refractivity contribution in [3.63, 3.8) is 0 Å². The first-order valence-corrected chi connectivity index (χ1v) is 11.3. The van der Waals surface area contributed by atoms with Gasteiger partial charge in [-0.05, 0) is 62.1 Å². The van der Waals surface area contributed by atoms with Crippen molar-refractivity contribution in [2.75, 3.05) is 13.7 Å². The maximum atomic E-state index is 13.5. The monoisotopic (exact) mass is 440 g/mol. The fourth-order valence-electron chi connectivity index (χ4n) is 4.70. The van der Waals surface area contributed by atoms with Crippen LogP contribution in [0.15, 0.2) is 66.8 Å². The third-order valence-electron chi connectivity index (χ3n) is 6.45. The molecule has 0 spiro atoms. The second-order valence-electron chi connectivity index (χ2n) is 8.59. The van der Waals surface area contributed by atoms with Crippen LogP contribution in [0.25, 0.3) is 22.7 Å². The number of aromatic nitrogens is 3. The Morgan fingerprint density at radius 3 is 2.85 bits per heavy atom. The number of H-pyrrole nitrogens is 1. The van der Waals surface area contributed by atoms with E-state index < -0.39 is 0 Å². The summed E-state index contributed by atoms with van der Waals surface area (Å²) in [5.74, 6) is 0.848. The fraction of sp³-hybridized carbons (Fsp3) is 0.259. The van der Waals surface area contributed by atoms with Crippen molar-refractivity contribution in [2.24, 2.45) is 0 Å². The number of carbonyl (C=O) groups is 1. The molecule has 3 heterocycles. The van der Waals surface area contributed by atoms with E-state index in [1.807, 2.05) is 65.2 Å². The summed E-state index contributed by atoms with van der Waals surface area (Å²) in [6, 6.07) is 14.2. The molecule has 1 fully saturated rings. The highest BCUT2D eigenvalue weighted by Crippen LogP contribution is 2.33. The van der Waals surface area contributed by atoms with Crippen molar-refractivity contribution in [1.29, 1.82) is 0 Å². The van der Waals surface area contributed by atoms with E-state index in [1.54, 1.807) is 13.4 Å². The van der Waals surface area contributed by atoms with E-state index >= 15 is 0 Å². The van der Waals surface area contributed by atoms with Crippen LogP contribution in [0.4, 0.5) is 0 Å². The number of carbonyl (C=O) groups excluding carboxylic acids is 1. The van der Waals surface area contributed by atoms with Crippen LogP contribution in [-0.4, -0.2) is 39.0 Å². The number of para-hydroxylation sites is 1. The van der Waals surface area contributed by atoms with E-state index in [0.29, 0.717) is 0 Å². The van der Waals surface area contributed by atoms with Gasteiger partial charge in [-0.2, -0.15) is 0 Å². The van der Waals surface area contributed by atoms with Gasteiger partial charge in [-0.15, -0.1) is 0 Å². The average molecular weight is 441 g/mol. The van der Waals surface area contributed by atoms with Crippen LogP contribution in [-0.2, 0) is 4.79 Å². The zero-order valence-corrected chi connectivity index (χ0v) is 19.2. The number of rotatable bonds is 5. The van der Waals surface area contributed by atoms with Crippen molar-refractivity contribution in [3.05, 3.63) is 83.6 Å². The maximum Gasteiger partial charge on any atom is 0.250 e. The largest absolute Gasteiger partial charge is 0.495 e. The third-order valence-corrected chi connectivity index (χ3v) is 6.45. The molecule has 1 N–H and O–H groups in total. The molecule has 2 aromatic heterocycles. The Hall–Kier alpha value is -3.80. The lowest BCUT2D eigenvalue weighted by Gasteiger charge is -2.34. The Labute approximate surface area is 193 Å². The smallest absolute Gasteiger partial charge is 0.250 e. The second-order valence-corrected chi connectivity index (χ2v) is 8.59.